The van der Waals surface area contributed by atoms with Gasteiger partial charge in [-0.3, -0.25) is 9.69 Å². The Morgan fingerprint density at radius 2 is 2.00 bits per heavy atom. The van der Waals surface area contributed by atoms with Crippen LogP contribution in [0.1, 0.15) is 12.5 Å². The van der Waals surface area contributed by atoms with Crippen molar-refractivity contribution >= 4 is 34.2 Å². The fourth-order valence-electron chi connectivity index (χ4n) is 2.05. The molecule has 1 heterocycles. The van der Waals surface area contributed by atoms with Crippen molar-refractivity contribution in [2.24, 2.45) is 0 Å². The number of thioether (sulfide) groups is 1. The van der Waals surface area contributed by atoms with Crippen LogP contribution in [0, 0.1) is 0 Å². The lowest BCUT2D eigenvalue weighted by Crippen LogP contribution is -2.32. The van der Waals surface area contributed by atoms with Crippen LogP contribution in [0.2, 0.25) is 0 Å². The number of methoxy groups -OCH3 is 2. The number of nitrogens with zero attached hydrogens (tertiary/aromatic N) is 1. The molecule has 1 saturated heterocycles. The van der Waals surface area contributed by atoms with E-state index in [2.05, 4.69) is 0 Å². The van der Waals surface area contributed by atoms with Crippen LogP contribution in [0.25, 0.3) is 0 Å². The summed E-state index contributed by atoms with van der Waals surface area (Å²) in [6, 6.07) is 5.77. The molecule has 1 atom stereocenters. The molecule has 1 fully saturated rings. The van der Waals surface area contributed by atoms with Crippen molar-refractivity contribution in [1.29, 1.82) is 0 Å². The highest BCUT2D eigenvalue weighted by molar-refractivity contribution is 8.24. The van der Waals surface area contributed by atoms with Crippen molar-refractivity contribution in [2.75, 3.05) is 20.8 Å². The molecule has 1 amide bonds. The van der Waals surface area contributed by atoms with E-state index in [1.807, 2.05) is 25.1 Å². The Hall–Kier alpha value is -1.27. The van der Waals surface area contributed by atoms with Gasteiger partial charge in [0.2, 0.25) is 5.91 Å². The second kappa shape index (κ2) is 6.45. The van der Waals surface area contributed by atoms with Gasteiger partial charge >= 0.3 is 0 Å². The number of carbonyl (C=O) groups excluding carboxylic acids is 1. The predicted molar refractivity (Wildman–Crippen MR) is 84.6 cm³/mol. The number of thiocarbonyl (C=S) groups is 1. The van der Waals surface area contributed by atoms with E-state index in [-0.39, 0.29) is 11.2 Å². The minimum Gasteiger partial charge on any atom is -0.493 e. The first-order chi connectivity index (χ1) is 9.56. The van der Waals surface area contributed by atoms with Crippen LogP contribution >= 0.6 is 24.0 Å². The molecule has 6 heteroatoms. The van der Waals surface area contributed by atoms with Crippen molar-refractivity contribution in [3.05, 3.63) is 23.8 Å². The number of rotatable bonds is 5. The molecule has 4 nitrogen and oxygen atoms in total. The molecular weight excluding hydrogens is 294 g/mol. The first-order valence-electron chi connectivity index (χ1n) is 6.29. The number of hydrogen-bond donors (Lipinski definition) is 0. The van der Waals surface area contributed by atoms with Crippen LogP contribution in [-0.2, 0) is 11.2 Å². The van der Waals surface area contributed by atoms with E-state index in [1.165, 1.54) is 11.8 Å². The smallest absolute Gasteiger partial charge is 0.241 e. The Kier molecular flexibility index (Phi) is 4.88. The fourth-order valence-corrected chi connectivity index (χ4v) is 3.51. The maximum Gasteiger partial charge on any atom is 0.241 e. The summed E-state index contributed by atoms with van der Waals surface area (Å²) in [5, 5.41) is -0.0621. The van der Waals surface area contributed by atoms with Crippen LogP contribution in [0.4, 0.5) is 0 Å². The van der Waals surface area contributed by atoms with Gasteiger partial charge in [-0.2, -0.15) is 0 Å². The van der Waals surface area contributed by atoms with Crippen LogP contribution in [-0.4, -0.2) is 41.1 Å². The van der Waals surface area contributed by atoms with E-state index in [0.717, 1.165) is 12.0 Å². The summed E-state index contributed by atoms with van der Waals surface area (Å²) in [6.07, 6.45) is 0.736. The minimum absolute atomic E-state index is 0.0621. The zero-order chi connectivity index (χ0) is 14.7. The zero-order valence-corrected chi connectivity index (χ0v) is 13.3. The highest BCUT2D eigenvalue weighted by Crippen LogP contribution is 2.29. The number of ether oxygens (including phenoxy) is 2. The van der Waals surface area contributed by atoms with Gasteiger partial charge in [-0.1, -0.05) is 30.0 Å². The third-order valence-electron chi connectivity index (χ3n) is 3.18. The molecule has 0 saturated carbocycles. The monoisotopic (exact) mass is 311 g/mol. The number of hydrogen-bond acceptors (Lipinski definition) is 5. The molecule has 1 aliphatic heterocycles. The number of amides is 1. The Morgan fingerprint density at radius 1 is 1.30 bits per heavy atom. The van der Waals surface area contributed by atoms with E-state index in [0.29, 0.717) is 22.4 Å². The molecular formula is C14H17NO3S2. The molecule has 108 valence electrons. The predicted octanol–water partition coefficient (Wildman–Crippen LogP) is 2.50. The molecule has 2 rings (SSSR count). The van der Waals surface area contributed by atoms with E-state index in [4.69, 9.17) is 21.7 Å². The zero-order valence-electron chi connectivity index (χ0n) is 11.7. The standard InChI is InChI=1S/C14H17NO3S2/c1-9-13(16)15(14(19)20-9)7-6-10-4-5-11(17-2)12(8-10)18-3/h4-5,8-9H,6-7H2,1-3H3. The molecule has 0 aliphatic carbocycles. The lowest BCUT2D eigenvalue weighted by molar-refractivity contribution is -0.125. The third kappa shape index (κ3) is 3.07. The maximum absolute atomic E-state index is 11.9. The normalized spacial score (nSPS) is 18.6. The van der Waals surface area contributed by atoms with Crippen LogP contribution in [0.3, 0.4) is 0 Å². The Labute approximate surface area is 128 Å². The SMILES string of the molecule is COc1ccc(CCN2C(=O)C(C)SC2=S)cc1OC. The molecule has 0 N–H and O–H groups in total. The molecule has 0 aromatic heterocycles. The lowest BCUT2D eigenvalue weighted by atomic mass is 10.1. The Balaban J connectivity index is 2.04. The van der Waals surface area contributed by atoms with Gasteiger partial charge in [0.05, 0.1) is 19.5 Å². The van der Waals surface area contributed by atoms with Gasteiger partial charge in [0.25, 0.3) is 0 Å². The minimum atomic E-state index is -0.0621. The summed E-state index contributed by atoms with van der Waals surface area (Å²) >= 11 is 6.67. The van der Waals surface area contributed by atoms with Gasteiger partial charge in [0.15, 0.2) is 11.5 Å². The summed E-state index contributed by atoms with van der Waals surface area (Å²) in [4.78, 5) is 13.6. The molecule has 20 heavy (non-hydrogen) atoms. The van der Waals surface area contributed by atoms with Crippen LogP contribution in [0.15, 0.2) is 18.2 Å². The summed E-state index contributed by atoms with van der Waals surface area (Å²) < 4.78 is 11.1. The van der Waals surface area contributed by atoms with Gasteiger partial charge in [-0.15, -0.1) is 0 Å². The van der Waals surface area contributed by atoms with E-state index in [9.17, 15) is 4.79 Å². The highest BCUT2D eigenvalue weighted by atomic mass is 32.2. The van der Waals surface area contributed by atoms with Gasteiger partial charge < -0.3 is 9.47 Å². The Morgan fingerprint density at radius 3 is 2.55 bits per heavy atom. The Bertz CT molecular complexity index is 533. The fraction of sp³-hybridized carbons (Fsp3) is 0.429. The van der Waals surface area contributed by atoms with Crippen molar-refractivity contribution in [2.45, 2.75) is 18.6 Å². The molecule has 1 aromatic carbocycles. The first kappa shape index (κ1) is 15.1. The summed E-state index contributed by atoms with van der Waals surface area (Å²) in [5.41, 5.74) is 1.09. The molecule has 0 bridgehead atoms. The van der Waals surface area contributed by atoms with Gasteiger partial charge in [-0.25, -0.2) is 0 Å². The largest absolute Gasteiger partial charge is 0.493 e. The first-order valence-corrected chi connectivity index (χ1v) is 7.58. The van der Waals surface area contributed by atoms with Crippen molar-refractivity contribution < 1.29 is 14.3 Å². The second-order valence-electron chi connectivity index (χ2n) is 4.46. The van der Waals surface area contributed by atoms with Crippen molar-refractivity contribution in [3.8, 4) is 11.5 Å². The summed E-state index contributed by atoms with van der Waals surface area (Å²) in [7, 11) is 3.22. The van der Waals surface area contributed by atoms with E-state index in [1.54, 1.807) is 19.1 Å². The molecule has 0 radical (unpaired) electrons. The summed E-state index contributed by atoms with van der Waals surface area (Å²) in [6.45, 7) is 2.49. The maximum atomic E-state index is 11.9. The lowest BCUT2D eigenvalue weighted by Gasteiger charge is -2.16. The van der Waals surface area contributed by atoms with Gasteiger partial charge in [0.1, 0.15) is 4.32 Å². The highest BCUT2D eigenvalue weighted by Gasteiger charge is 2.33. The average molecular weight is 311 g/mol. The second-order valence-corrected chi connectivity index (χ2v) is 6.43. The third-order valence-corrected chi connectivity index (χ3v) is 4.67. The summed E-state index contributed by atoms with van der Waals surface area (Å²) in [5.74, 6) is 1.50. The van der Waals surface area contributed by atoms with Gasteiger partial charge in [0, 0.05) is 6.54 Å². The topological polar surface area (TPSA) is 38.8 Å². The van der Waals surface area contributed by atoms with E-state index < -0.39 is 0 Å². The molecule has 1 unspecified atom stereocenters. The molecule has 1 aromatic rings. The average Bonchev–Trinajstić information content (AvgIpc) is 2.70. The van der Waals surface area contributed by atoms with E-state index >= 15 is 0 Å². The quantitative estimate of drug-likeness (QED) is 0.781. The molecule has 0 spiro atoms. The number of benzene rings is 1. The van der Waals surface area contributed by atoms with Crippen molar-refractivity contribution in [1.82, 2.24) is 4.90 Å². The van der Waals surface area contributed by atoms with Crippen molar-refractivity contribution in [3.63, 3.8) is 0 Å². The van der Waals surface area contributed by atoms with Gasteiger partial charge in [-0.05, 0) is 31.0 Å². The molecule has 1 aliphatic rings. The van der Waals surface area contributed by atoms with Crippen LogP contribution in [0.5, 0.6) is 11.5 Å². The van der Waals surface area contributed by atoms with Crippen LogP contribution < -0.4 is 9.47 Å². The number of carbonyl (C=O) groups is 1.